The van der Waals surface area contributed by atoms with Gasteiger partial charge in [0.05, 0.1) is 6.20 Å². The number of hydrogen-bond donors (Lipinski definition) is 1. The molecule has 2 rings (SSSR count). The van der Waals surface area contributed by atoms with Crippen molar-refractivity contribution in [2.24, 2.45) is 5.92 Å². The average molecular weight is 278 g/mol. The summed E-state index contributed by atoms with van der Waals surface area (Å²) in [5.41, 5.74) is 1.11. The second-order valence-corrected chi connectivity index (χ2v) is 6.05. The van der Waals surface area contributed by atoms with Crippen LogP contribution in [0, 0.1) is 5.92 Å². The van der Waals surface area contributed by atoms with Crippen LogP contribution < -0.4 is 0 Å². The van der Waals surface area contributed by atoms with E-state index >= 15 is 0 Å². The van der Waals surface area contributed by atoms with Crippen LogP contribution in [-0.2, 0) is 11.2 Å². The standard InChI is InChI=1S/C15H26N4O/c1-18(2)9-7-13-4-3-8-19(12-13)15(20)6-5-14-10-16-17-11-14/h10-11,13H,3-9,12H2,1-2H3,(H,16,17). The summed E-state index contributed by atoms with van der Waals surface area (Å²) in [7, 11) is 4.22. The Morgan fingerprint density at radius 2 is 2.40 bits per heavy atom. The van der Waals surface area contributed by atoms with E-state index < -0.39 is 0 Å². The number of nitrogens with zero attached hydrogens (tertiary/aromatic N) is 3. The van der Waals surface area contributed by atoms with Gasteiger partial charge in [0.1, 0.15) is 0 Å². The van der Waals surface area contributed by atoms with E-state index in [1.54, 1.807) is 6.20 Å². The number of piperidine rings is 1. The van der Waals surface area contributed by atoms with Crippen LogP contribution in [0.3, 0.4) is 0 Å². The van der Waals surface area contributed by atoms with Crippen LogP contribution in [0.4, 0.5) is 0 Å². The molecule has 1 aromatic rings. The lowest BCUT2D eigenvalue weighted by molar-refractivity contribution is -0.133. The summed E-state index contributed by atoms with van der Waals surface area (Å²) in [4.78, 5) is 16.5. The molecule has 0 bridgehead atoms. The largest absolute Gasteiger partial charge is 0.342 e. The number of nitrogens with one attached hydrogen (secondary N) is 1. The Bertz CT molecular complexity index is 402. The van der Waals surface area contributed by atoms with Gasteiger partial charge in [-0.3, -0.25) is 9.89 Å². The number of aromatic amines is 1. The van der Waals surface area contributed by atoms with Gasteiger partial charge in [-0.15, -0.1) is 0 Å². The van der Waals surface area contributed by atoms with Gasteiger partial charge in [-0.05, 0) is 57.8 Å². The topological polar surface area (TPSA) is 52.2 Å². The zero-order valence-corrected chi connectivity index (χ0v) is 12.6. The number of aromatic nitrogens is 2. The van der Waals surface area contributed by atoms with E-state index in [0.29, 0.717) is 18.2 Å². The monoisotopic (exact) mass is 278 g/mol. The number of likely N-dealkylation sites (tertiary alicyclic amines) is 1. The van der Waals surface area contributed by atoms with Crippen molar-refractivity contribution in [1.82, 2.24) is 20.0 Å². The lowest BCUT2D eigenvalue weighted by Crippen LogP contribution is -2.40. The van der Waals surface area contributed by atoms with E-state index in [-0.39, 0.29) is 0 Å². The molecule has 1 fully saturated rings. The van der Waals surface area contributed by atoms with Crippen molar-refractivity contribution < 1.29 is 4.79 Å². The van der Waals surface area contributed by atoms with Gasteiger partial charge in [0.15, 0.2) is 0 Å². The molecule has 0 aromatic carbocycles. The zero-order valence-electron chi connectivity index (χ0n) is 12.6. The first-order valence-electron chi connectivity index (χ1n) is 7.55. The molecule has 1 unspecified atom stereocenters. The molecule has 5 nitrogen and oxygen atoms in total. The van der Waals surface area contributed by atoms with E-state index in [9.17, 15) is 4.79 Å². The van der Waals surface area contributed by atoms with Crippen LogP contribution in [-0.4, -0.2) is 59.6 Å². The third kappa shape index (κ3) is 4.63. The molecule has 1 saturated heterocycles. The summed E-state index contributed by atoms with van der Waals surface area (Å²) in [6.45, 7) is 2.99. The number of hydrogen-bond acceptors (Lipinski definition) is 3. The Morgan fingerprint density at radius 3 is 3.10 bits per heavy atom. The fourth-order valence-electron chi connectivity index (χ4n) is 2.79. The van der Waals surface area contributed by atoms with Crippen molar-refractivity contribution >= 4 is 5.91 Å². The Morgan fingerprint density at radius 1 is 1.55 bits per heavy atom. The van der Waals surface area contributed by atoms with E-state index in [0.717, 1.165) is 38.0 Å². The Kier molecular flexibility index (Phi) is 5.59. The molecule has 20 heavy (non-hydrogen) atoms. The van der Waals surface area contributed by atoms with Gasteiger partial charge >= 0.3 is 0 Å². The maximum absolute atomic E-state index is 12.3. The molecule has 1 atom stereocenters. The summed E-state index contributed by atoms with van der Waals surface area (Å²) in [6, 6.07) is 0. The maximum atomic E-state index is 12.3. The lowest BCUT2D eigenvalue weighted by Gasteiger charge is -2.33. The predicted molar refractivity (Wildman–Crippen MR) is 79.4 cm³/mol. The smallest absolute Gasteiger partial charge is 0.222 e. The van der Waals surface area contributed by atoms with Crippen molar-refractivity contribution in [3.05, 3.63) is 18.0 Å². The fraction of sp³-hybridized carbons (Fsp3) is 0.733. The molecule has 1 amide bonds. The van der Waals surface area contributed by atoms with E-state index in [2.05, 4.69) is 34.1 Å². The molecule has 1 aliphatic heterocycles. The molecule has 0 saturated carbocycles. The van der Waals surface area contributed by atoms with Crippen LogP contribution in [0.25, 0.3) is 0 Å². The van der Waals surface area contributed by atoms with Gasteiger partial charge in [0, 0.05) is 25.7 Å². The zero-order chi connectivity index (χ0) is 14.4. The van der Waals surface area contributed by atoms with Gasteiger partial charge in [-0.2, -0.15) is 5.10 Å². The first kappa shape index (κ1) is 15.0. The molecule has 2 heterocycles. The first-order chi connectivity index (χ1) is 9.65. The molecule has 112 valence electrons. The number of carbonyl (C=O) groups excluding carboxylic acids is 1. The van der Waals surface area contributed by atoms with Crippen LogP contribution in [0.5, 0.6) is 0 Å². The normalized spacial score (nSPS) is 19.6. The Balaban J connectivity index is 1.74. The highest BCUT2D eigenvalue weighted by Gasteiger charge is 2.23. The summed E-state index contributed by atoms with van der Waals surface area (Å²) in [5.74, 6) is 0.963. The van der Waals surface area contributed by atoms with Crippen LogP contribution in [0.1, 0.15) is 31.2 Å². The Hall–Kier alpha value is -1.36. The molecule has 0 spiro atoms. The highest BCUT2D eigenvalue weighted by Crippen LogP contribution is 2.20. The van der Waals surface area contributed by atoms with Gasteiger partial charge in [0.25, 0.3) is 0 Å². The lowest BCUT2D eigenvalue weighted by atomic mass is 9.94. The van der Waals surface area contributed by atoms with Crippen molar-refractivity contribution in [3.8, 4) is 0 Å². The molecule has 1 N–H and O–H groups in total. The minimum Gasteiger partial charge on any atom is -0.342 e. The van der Waals surface area contributed by atoms with E-state index in [4.69, 9.17) is 0 Å². The third-order valence-electron chi connectivity index (χ3n) is 4.04. The highest BCUT2D eigenvalue weighted by atomic mass is 16.2. The Labute approximate surface area is 121 Å². The van der Waals surface area contributed by atoms with Crippen LogP contribution in [0.15, 0.2) is 12.4 Å². The van der Waals surface area contributed by atoms with Gasteiger partial charge in [0.2, 0.25) is 5.91 Å². The maximum Gasteiger partial charge on any atom is 0.222 e. The minimum atomic E-state index is 0.292. The van der Waals surface area contributed by atoms with E-state index in [1.165, 1.54) is 12.8 Å². The predicted octanol–water partition coefficient (Wildman–Crippen LogP) is 1.53. The molecular weight excluding hydrogens is 252 g/mol. The van der Waals surface area contributed by atoms with Crippen molar-refractivity contribution in [1.29, 1.82) is 0 Å². The SMILES string of the molecule is CN(C)CCC1CCCN(C(=O)CCc2cn[nH]c2)C1. The van der Waals surface area contributed by atoms with Gasteiger partial charge in [-0.1, -0.05) is 0 Å². The summed E-state index contributed by atoms with van der Waals surface area (Å²) >= 11 is 0. The van der Waals surface area contributed by atoms with Crippen LogP contribution in [0.2, 0.25) is 0 Å². The van der Waals surface area contributed by atoms with Crippen LogP contribution >= 0.6 is 0 Å². The summed E-state index contributed by atoms with van der Waals surface area (Å²) in [6.07, 6.45) is 8.65. The minimum absolute atomic E-state index is 0.292. The molecule has 0 radical (unpaired) electrons. The summed E-state index contributed by atoms with van der Waals surface area (Å²) < 4.78 is 0. The number of rotatable bonds is 6. The average Bonchev–Trinajstić information content (AvgIpc) is 2.96. The molecule has 0 aliphatic carbocycles. The highest BCUT2D eigenvalue weighted by molar-refractivity contribution is 5.76. The molecule has 5 heteroatoms. The summed E-state index contributed by atoms with van der Waals surface area (Å²) in [5, 5.41) is 6.70. The number of H-pyrrole nitrogens is 1. The number of carbonyl (C=O) groups is 1. The second kappa shape index (κ2) is 7.43. The van der Waals surface area contributed by atoms with Gasteiger partial charge < -0.3 is 9.80 Å². The number of amides is 1. The third-order valence-corrected chi connectivity index (χ3v) is 4.04. The quantitative estimate of drug-likeness (QED) is 0.858. The van der Waals surface area contributed by atoms with Gasteiger partial charge in [-0.25, -0.2) is 0 Å². The molecular formula is C15H26N4O. The van der Waals surface area contributed by atoms with Crippen molar-refractivity contribution in [2.45, 2.75) is 32.1 Å². The van der Waals surface area contributed by atoms with Crippen molar-refractivity contribution in [3.63, 3.8) is 0 Å². The van der Waals surface area contributed by atoms with E-state index in [1.807, 2.05) is 6.20 Å². The number of aryl methyl sites for hydroxylation is 1. The molecule has 1 aromatic heterocycles. The second-order valence-electron chi connectivity index (χ2n) is 6.05. The fourth-order valence-corrected chi connectivity index (χ4v) is 2.79. The first-order valence-corrected chi connectivity index (χ1v) is 7.55. The molecule has 1 aliphatic rings. The van der Waals surface area contributed by atoms with Crippen molar-refractivity contribution in [2.75, 3.05) is 33.7 Å².